The van der Waals surface area contributed by atoms with Crippen LogP contribution in [0.25, 0.3) is 0 Å². The minimum atomic E-state index is -0.810. The van der Waals surface area contributed by atoms with Gasteiger partial charge in [0.2, 0.25) is 0 Å². The monoisotopic (exact) mass is 544 g/mol. The molecule has 9 heteroatoms. The second kappa shape index (κ2) is 12.2. The standard InChI is InChI=1S/C25H22BrClN2O5/c1-3-32-21-10-7-17(8-11-21)25(31)34-23-12-9-19(26)13-18(23)15-28-29-24(30)16(2)33-22-6-4-5-20(27)14-22/h4-16H,3H2,1-2H3,(H,29,30)/b28-15-/t16-/m0/s1. The van der Waals surface area contributed by atoms with Gasteiger partial charge in [-0.25, -0.2) is 10.2 Å². The maximum Gasteiger partial charge on any atom is 0.343 e. The first-order valence-electron chi connectivity index (χ1n) is 10.4. The van der Waals surface area contributed by atoms with Crippen molar-refractivity contribution < 1.29 is 23.8 Å². The summed E-state index contributed by atoms with van der Waals surface area (Å²) in [5.41, 5.74) is 3.27. The highest BCUT2D eigenvalue weighted by molar-refractivity contribution is 9.10. The van der Waals surface area contributed by atoms with Crippen LogP contribution in [0.1, 0.15) is 29.8 Å². The Morgan fingerprint density at radius 3 is 2.56 bits per heavy atom. The molecule has 34 heavy (non-hydrogen) atoms. The Morgan fingerprint density at radius 2 is 1.85 bits per heavy atom. The van der Waals surface area contributed by atoms with Crippen molar-refractivity contribution in [3.05, 3.63) is 87.4 Å². The lowest BCUT2D eigenvalue weighted by Gasteiger charge is -2.13. The van der Waals surface area contributed by atoms with Crippen molar-refractivity contribution in [3.8, 4) is 17.2 Å². The molecule has 0 aliphatic carbocycles. The molecule has 0 saturated heterocycles. The van der Waals surface area contributed by atoms with Gasteiger partial charge in [-0.05, 0) is 74.5 Å². The smallest absolute Gasteiger partial charge is 0.343 e. The van der Waals surface area contributed by atoms with Crippen molar-refractivity contribution in [1.29, 1.82) is 0 Å². The first kappa shape index (κ1) is 25.3. The molecule has 0 aliphatic heterocycles. The first-order chi connectivity index (χ1) is 16.4. The number of nitrogens with one attached hydrogen (secondary N) is 1. The molecule has 7 nitrogen and oxygen atoms in total. The lowest BCUT2D eigenvalue weighted by atomic mass is 10.2. The molecule has 0 unspecified atom stereocenters. The number of nitrogens with zero attached hydrogens (tertiary/aromatic N) is 1. The molecule has 0 bridgehead atoms. The summed E-state index contributed by atoms with van der Waals surface area (Å²) in [5.74, 6) is 0.421. The Hall–Kier alpha value is -3.36. The van der Waals surface area contributed by atoms with Gasteiger partial charge in [0.1, 0.15) is 17.2 Å². The molecule has 1 atom stereocenters. The molecule has 1 N–H and O–H groups in total. The van der Waals surface area contributed by atoms with Crippen LogP contribution >= 0.6 is 27.5 Å². The van der Waals surface area contributed by atoms with E-state index in [1.54, 1.807) is 73.7 Å². The third-order valence-electron chi connectivity index (χ3n) is 4.43. The molecule has 3 aromatic carbocycles. The van der Waals surface area contributed by atoms with Crippen LogP contribution in [0, 0.1) is 0 Å². The van der Waals surface area contributed by atoms with Crippen molar-refractivity contribution >= 4 is 45.6 Å². The number of rotatable bonds is 9. The van der Waals surface area contributed by atoms with E-state index < -0.39 is 18.0 Å². The number of carbonyl (C=O) groups is 2. The summed E-state index contributed by atoms with van der Waals surface area (Å²) < 4.78 is 17.2. The van der Waals surface area contributed by atoms with Gasteiger partial charge in [0.15, 0.2) is 6.10 Å². The summed E-state index contributed by atoms with van der Waals surface area (Å²) in [6.45, 7) is 4.01. The van der Waals surface area contributed by atoms with E-state index >= 15 is 0 Å². The molecule has 0 saturated carbocycles. The van der Waals surface area contributed by atoms with E-state index in [0.29, 0.717) is 34.3 Å². The topological polar surface area (TPSA) is 86.2 Å². The van der Waals surface area contributed by atoms with Gasteiger partial charge in [0.05, 0.1) is 18.4 Å². The highest BCUT2D eigenvalue weighted by atomic mass is 79.9. The minimum Gasteiger partial charge on any atom is -0.494 e. The van der Waals surface area contributed by atoms with Crippen LogP contribution in [-0.4, -0.2) is 30.8 Å². The van der Waals surface area contributed by atoms with E-state index in [-0.39, 0.29) is 5.75 Å². The molecular weight excluding hydrogens is 524 g/mol. The predicted molar refractivity (Wildman–Crippen MR) is 134 cm³/mol. The van der Waals surface area contributed by atoms with Gasteiger partial charge in [0, 0.05) is 15.1 Å². The van der Waals surface area contributed by atoms with Crippen molar-refractivity contribution in [2.75, 3.05) is 6.61 Å². The summed E-state index contributed by atoms with van der Waals surface area (Å²) in [5, 5.41) is 4.48. The summed E-state index contributed by atoms with van der Waals surface area (Å²) in [6, 6.07) is 18.5. The van der Waals surface area contributed by atoms with E-state index in [9.17, 15) is 9.59 Å². The Balaban J connectivity index is 1.64. The number of halogens is 2. The Kier molecular flexibility index (Phi) is 9.07. The fourth-order valence-corrected chi connectivity index (χ4v) is 3.34. The van der Waals surface area contributed by atoms with Gasteiger partial charge in [-0.15, -0.1) is 0 Å². The van der Waals surface area contributed by atoms with Crippen molar-refractivity contribution in [2.24, 2.45) is 5.10 Å². The second-order valence-corrected chi connectivity index (χ2v) is 8.33. The van der Waals surface area contributed by atoms with Gasteiger partial charge >= 0.3 is 5.97 Å². The molecule has 3 rings (SSSR count). The third kappa shape index (κ3) is 7.33. The molecular formula is C25H22BrClN2O5. The summed E-state index contributed by atoms with van der Waals surface area (Å²) >= 11 is 9.32. The van der Waals surface area contributed by atoms with Crippen LogP contribution in [0.15, 0.2) is 76.3 Å². The number of hydrazone groups is 1. The van der Waals surface area contributed by atoms with E-state index in [2.05, 4.69) is 26.5 Å². The number of esters is 1. The quantitative estimate of drug-likeness (QED) is 0.163. The van der Waals surface area contributed by atoms with E-state index in [1.165, 1.54) is 6.21 Å². The third-order valence-corrected chi connectivity index (χ3v) is 5.16. The highest BCUT2D eigenvalue weighted by Crippen LogP contribution is 2.23. The lowest BCUT2D eigenvalue weighted by Crippen LogP contribution is -2.33. The molecule has 0 aliphatic rings. The number of hydrogen-bond donors (Lipinski definition) is 1. The Morgan fingerprint density at radius 1 is 1.09 bits per heavy atom. The number of carbonyl (C=O) groups excluding carboxylic acids is 2. The lowest BCUT2D eigenvalue weighted by molar-refractivity contribution is -0.127. The van der Waals surface area contributed by atoms with Crippen LogP contribution in [-0.2, 0) is 4.79 Å². The minimum absolute atomic E-state index is 0.281. The van der Waals surface area contributed by atoms with Crippen LogP contribution < -0.4 is 19.6 Å². The molecule has 0 aromatic heterocycles. The summed E-state index contributed by atoms with van der Waals surface area (Å²) in [6.07, 6.45) is 0.574. The number of amides is 1. The average Bonchev–Trinajstić information content (AvgIpc) is 2.81. The Labute approximate surface area is 210 Å². The molecule has 1 amide bonds. The van der Waals surface area contributed by atoms with Crippen molar-refractivity contribution in [2.45, 2.75) is 20.0 Å². The van der Waals surface area contributed by atoms with E-state index in [1.807, 2.05) is 6.92 Å². The van der Waals surface area contributed by atoms with Gasteiger partial charge in [0.25, 0.3) is 5.91 Å². The fraction of sp³-hybridized carbons (Fsp3) is 0.160. The maximum absolute atomic E-state index is 12.6. The number of benzene rings is 3. The average molecular weight is 546 g/mol. The molecule has 176 valence electrons. The van der Waals surface area contributed by atoms with Gasteiger partial charge < -0.3 is 14.2 Å². The zero-order chi connectivity index (χ0) is 24.5. The molecule has 0 radical (unpaired) electrons. The normalized spacial score (nSPS) is 11.6. The maximum atomic E-state index is 12.6. The Bertz CT molecular complexity index is 1180. The van der Waals surface area contributed by atoms with E-state index in [0.717, 1.165) is 4.47 Å². The predicted octanol–water partition coefficient (Wildman–Crippen LogP) is 5.64. The van der Waals surface area contributed by atoms with Crippen LogP contribution in [0.3, 0.4) is 0 Å². The van der Waals surface area contributed by atoms with E-state index in [4.69, 9.17) is 25.8 Å². The number of ether oxygens (including phenoxy) is 3. The number of hydrogen-bond acceptors (Lipinski definition) is 6. The van der Waals surface area contributed by atoms with Crippen molar-refractivity contribution in [1.82, 2.24) is 5.43 Å². The molecule has 0 spiro atoms. The van der Waals surface area contributed by atoms with Gasteiger partial charge in [-0.2, -0.15) is 5.10 Å². The van der Waals surface area contributed by atoms with Gasteiger partial charge in [-0.3, -0.25) is 4.79 Å². The second-order valence-electron chi connectivity index (χ2n) is 6.98. The molecule has 0 heterocycles. The summed E-state index contributed by atoms with van der Waals surface area (Å²) in [7, 11) is 0. The fourth-order valence-electron chi connectivity index (χ4n) is 2.78. The van der Waals surface area contributed by atoms with Crippen LogP contribution in [0.5, 0.6) is 17.2 Å². The first-order valence-corrected chi connectivity index (χ1v) is 11.5. The SMILES string of the molecule is CCOc1ccc(C(=O)Oc2ccc(Br)cc2/C=N\NC(=O)[C@H](C)Oc2cccc(Cl)c2)cc1. The zero-order valence-electron chi connectivity index (χ0n) is 18.5. The highest BCUT2D eigenvalue weighted by Gasteiger charge is 2.15. The van der Waals surface area contributed by atoms with Gasteiger partial charge in [-0.1, -0.05) is 33.6 Å². The molecule has 0 fully saturated rings. The van der Waals surface area contributed by atoms with Crippen LogP contribution in [0.2, 0.25) is 5.02 Å². The van der Waals surface area contributed by atoms with Crippen LogP contribution in [0.4, 0.5) is 0 Å². The zero-order valence-corrected chi connectivity index (χ0v) is 20.8. The molecule has 3 aromatic rings. The van der Waals surface area contributed by atoms with Crippen molar-refractivity contribution in [3.63, 3.8) is 0 Å². The summed E-state index contributed by atoms with van der Waals surface area (Å²) in [4.78, 5) is 24.9. The largest absolute Gasteiger partial charge is 0.494 e.